The van der Waals surface area contributed by atoms with Crippen molar-refractivity contribution in [1.29, 1.82) is 0 Å². The number of hydrogen-bond donors (Lipinski definition) is 0. The van der Waals surface area contributed by atoms with Crippen molar-refractivity contribution in [1.82, 2.24) is 9.80 Å². The van der Waals surface area contributed by atoms with Gasteiger partial charge in [0.05, 0.1) is 5.69 Å². The standard InChI is InChI=1S/C34H42ClN3/c1-24-11-12-26(3)33(23-24)36-34(28(5)32-10-8-7-9-25(32)2)29(6)38-21-19-37(20-22-38)27(4)13-14-30-15-17-31(35)18-16-30/h7-12,15-18,23,28-29H,4,13-14,19-22H2,1-3,5-6H3. The Labute approximate surface area is 234 Å². The van der Waals surface area contributed by atoms with Crippen LogP contribution in [0, 0.1) is 20.8 Å². The summed E-state index contributed by atoms with van der Waals surface area (Å²) in [5.41, 5.74) is 10.0. The van der Waals surface area contributed by atoms with Gasteiger partial charge in [0, 0.05) is 54.6 Å². The third-order valence-corrected chi connectivity index (χ3v) is 8.32. The zero-order chi connectivity index (χ0) is 27.2. The van der Waals surface area contributed by atoms with Crippen molar-refractivity contribution in [3.63, 3.8) is 0 Å². The second-order valence-corrected chi connectivity index (χ2v) is 11.2. The molecule has 0 aliphatic carbocycles. The molecule has 0 saturated carbocycles. The van der Waals surface area contributed by atoms with Crippen LogP contribution >= 0.6 is 11.6 Å². The molecule has 4 rings (SSSR count). The van der Waals surface area contributed by atoms with E-state index in [1.165, 1.54) is 39.2 Å². The minimum absolute atomic E-state index is 0.235. The van der Waals surface area contributed by atoms with Gasteiger partial charge in [-0.2, -0.15) is 0 Å². The summed E-state index contributed by atoms with van der Waals surface area (Å²) in [6.45, 7) is 19.6. The summed E-state index contributed by atoms with van der Waals surface area (Å²) in [5.74, 6) is 0.235. The van der Waals surface area contributed by atoms with Crippen LogP contribution in [0.1, 0.15) is 54.0 Å². The highest BCUT2D eigenvalue weighted by Crippen LogP contribution is 2.29. The second kappa shape index (κ2) is 12.8. The number of rotatable bonds is 9. The van der Waals surface area contributed by atoms with Gasteiger partial charge < -0.3 is 4.90 Å². The van der Waals surface area contributed by atoms with E-state index in [-0.39, 0.29) is 12.0 Å². The molecule has 2 atom stereocenters. The molecule has 0 amide bonds. The van der Waals surface area contributed by atoms with E-state index in [1.54, 1.807) is 0 Å². The van der Waals surface area contributed by atoms with Gasteiger partial charge in [-0.3, -0.25) is 9.89 Å². The second-order valence-electron chi connectivity index (χ2n) is 10.8. The molecule has 38 heavy (non-hydrogen) atoms. The van der Waals surface area contributed by atoms with Crippen LogP contribution in [-0.2, 0) is 6.42 Å². The summed E-state index contributed by atoms with van der Waals surface area (Å²) < 4.78 is 0. The summed E-state index contributed by atoms with van der Waals surface area (Å²) in [4.78, 5) is 10.4. The number of aryl methyl sites for hydroxylation is 4. The van der Waals surface area contributed by atoms with Crippen LogP contribution in [-0.4, -0.2) is 47.7 Å². The molecule has 1 aliphatic heterocycles. The lowest BCUT2D eigenvalue weighted by Crippen LogP contribution is -2.51. The average molecular weight is 528 g/mol. The minimum Gasteiger partial charge on any atom is -0.373 e. The molecule has 0 radical (unpaired) electrons. The van der Waals surface area contributed by atoms with E-state index in [0.29, 0.717) is 0 Å². The number of hydrogen-bond acceptors (Lipinski definition) is 3. The van der Waals surface area contributed by atoms with E-state index in [1.807, 2.05) is 12.1 Å². The average Bonchev–Trinajstić information content (AvgIpc) is 2.92. The molecule has 0 N–H and O–H groups in total. The maximum atomic E-state index is 6.04. The van der Waals surface area contributed by atoms with E-state index in [0.717, 1.165) is 49.7 Å². The highest BCUT2D eigenvalue weighted by Gasteiger charge is 2.28. The van der Waals surface area contributed by atoms with Crippen molar-refractivity contribution in [2.75, 3.05) is 26.2 Å². The summed E-state index contributed by atoms with van der Waals surface area (Å²) >= 11 is 6.04. The van der Waals surface area contributed by atoms with Crippen molar-refractivity contribution in [2.24, 2.45) is 4.99 Å². The molecule has 1 aliphatic rings. The van der Waals surface area contributed by atoms with Crippen LogP contribution in [0.15, 0.2) is 84.0 Å². The Morgan fingerprint density at radius 1 is 0.895 bits per heavy atom. The van der Waals surface area contributed by atoms with E-state index in [4.69, 9.17) is 16.6 Å². The van der Waals surface area contributed by atoms with Crippen LogP contribution in [0.3, 0.4) is 0 Å². The lowest BCUT2D eigenvalue weighted by molar-refractivity contribution is 0.143. The lowest BCUT2D eigenvalue weighted by Gasteiger charge is -2.41. The van der Waals surface area contributed by atoms with E-state index < -0.39 is 0 Å². The normalized spacial score (nSPS) is 16.4. The molecule has 3 nitrogen and oxygen atoms in total. The van der Waals surface area contributed by atoms with Crippen LogP contribution in [0.5, 0.6) is 0 Å². The number of allylic oxidation sites excluding steroid dienone is 1. The van der Waals surface area contributed by atoms with Crippen molar-refractivity contribution < 1.29 is 0 Å². The van der Waals surface area contributed by atoms with Gasteiger partial charge in [-0.05, 0) is 86.6 Å². The molecular formula is C34H42ClN3. The number of piperazine rings is 1. The van der Waals surface area contributed by atoms with Crippen LogP contribution in [0.4, 0.5) is 5.69 Å². The lowest BCUT2D eigenvalue weighted by atomic mass is 9.88. The predicted octanol–water partition coefficient (Wildman–Crippen LogP) is 8.29. The first-order valence-electron chi connectivity index (χ1n) is 13.9. The number of aliphatic imine (C=N–C) groups is 1. The highest BCUT2D eigenvalue weighted by atomic mass is 35.5. The van der Waals surface area contributed by atoms with E-state index >= 15 is 0 Å². The summed E-state index contributed by atoms with van der Waals surface area (Å²) in [5, 5.41) is 0.787. The molecule has 3 aromatic rings. The van der Waals surface area contributed by atoms with Gasteiger partial charge in [0.2, 0.25) is 0 Å². The largest absolute Gasteiger partial charge is 0.373 e. The maximum Gasteiger partial charge on any atom is 0.0661 e. The molecule has 4 heteroatoms. The first-order chi connectivity index (χ1) is 18.2. The molecule has 0 aromatic heterocycles. The zero-order valence-electron chi connectivity index (χ0n) is 23.7. The van der Waals surface area contributed by atoms with Gasteiger partial charge in [-0.25, -0.2) is 0 Å². The third-order valence-electron chi connectivity index (χ3n) is 8.07. The summed E-state index contributed by atoms with van der Waals surface area (Å²) in [6.07, 6.45) is 1.97. The Kier molecular flexibility index (Phi) is 9.46. The predicted molar refractivity (Wildman–Crippen MR) is 164 cm³/mol. The maximum absolute atomic E-state index is 6.04. The molecule has 200 valence electrons. The molecular weight excluding hydrogens is 486 g/mol. The van der Waals surface area contributed by atoms with Crippen LogP contribution in [0.2, 0.25) is 5.02 Å². The van der Waals surface area contributed by atoms with Gasteiger partial charge in [0.15, 0.2) is 0 Å². The highest BCUT2D eigenvalue weighted by molar-refractivity contribution is 6.30. The number of halogens is 1. The van der Waals surface area contributed by atoms with Gasteiger partial charge in [0.25, 0.3) is 0 Å². The minimum atomic E-state index is 0.235. The first-order valence-corrected chi connectivity index (χ1v) is 14.2. The third kappa shape index (κ3) is 6.95. The van der Waals surface area contributed by atoms with Gasteiger partial charge in [-0.1, -0.05) is 73.6 Å². The van der Waals surface area contributed by atoms with Gasteiger partial charge >= 0.3 is 0 Å². The molecule has 0 bridgehead atoms. The Hall–Kier alpha value is -2.88. The fraction of sp³-hybridized carbons (Fsp3) is 0.382. The Bertz CT molecular complexity index is 1270. The van der Waals surface area contributed by atoms with Gasteiger partial charge in [-0.15, -0.1) is 0 Å². The fourth-order valence-corrected chi connectivity index (χ4v) is 5.60. The van der Waals surface area contributed by atoms with Crippen LogP contribution in [0.25, 0.3) is 0 Å². The smallest absolute Gasteiger partial charge is 0.0661 e. The molecule has 3 aromatic carbocycles. The molecule has 1 fully saturated rings. The fourth-order valence-electron chi connectivity index (χ4n) is 5.47. The van der Waals surface area contributed by atoms with Crippen molar-refractivity contribution in [2.45, 2.75) is 59.4 Å². The first kappa shape index (κ1) is 28.1. The Morgan fingerprint density at radius 3 is 2.26 bits per heavy atom. The summed E-state index contributed by atoms with van der Waals surface area (Å²) in [7, 11) is 0. The van der Waals surface area contributed by atoms with E-state index in [2.05, 4.69) is 106 Å². The number of nitrogens with zero attached hydrogens (tertiary/aromatic N) is 3. The van der Waals surface area contributed by atoms with Crippen molar-refractivity contribution in [3.8, 4) is 0 Å². The summed E-state index contributed by atoms with van der Waals surface area (Å²) in [6, 6.07) is 23.7. The monoisotopic (exact) mass is 527 g/mol. The SMILES string of the molecule is C=C(CCc1ccc(Cl)cc1)N1CCN(C(C)C(=Nc2cc(C)ccc2C)C(C)c2ccccc2C)CC1. The van der Waals surface area contributed by atoms with Gasteiger partial charge in [0.1, 0.15) is 0 Å². The van der Waals surface area contributed by atoms with Crippen molar-refractivity contribution >= 4 is 23.0 Å². The molecule has 1 saturated heterocycles. The Morgan fingerprint density at radius 2 is 1.58 bits per heavy atom. The van der Waals surface area contributed by atoms with E-state index in [9.17, 15) is 0 Å². The Balaban J connectivity index is 1.48. The zero-order valence-corrected chi connectivity index (χ0v) is 24.4. The quantitative estimate of drug-likeness (QED) is 0.261. The topological polar surface area (TPSA) is 18.8 Å². The number of benzene rings is 3. The van der Waals surface area contributed by atoms with Crippen molar-refractivity contribution in [3.05, 3.63) is 112 Å². The van der Waals surface area contributed by atoms with Crippen LogP contribution < -0.4 is 0 Å². The molecule has 1 heterocycles. The molecule has 0 spiro atoms. The molecule has 2 unspecified atom stereocenters.